The highest BCUT2D eigenvalue weighted by atomic mass is 19.4. The molecule has 0 aliphatic carbocycles. The molecule has 13 heavy (non-hydrogen) atoms. The van der Waals surface area contributed by atoms with Gasteiger partial charge in [-0.05, 0) is 25.9 Å². The third kappa shape index (κ3) is 3.63. The summed E-state index contributed by atoms with van der Waals surface area (Å²) in [4.78, 5) is 11.0. The number of nitrogens with one attached hydrogen (secondary N) is 2. The summed E-state index contributed by atoms with van der Waals surface area (Å²) >= 11 is 0. The average Bonchev–Trinajstić information content (AvgIpc) is 2.03. The molecule has 3 nitrogen and oxygen atoms in total. The monoisotopic (exact) mass is 196 g/mol. The summed E-state index contributed by atoms with van der Waals surface area (Å²) in [6, 6.07) is 0. The second-order valence-electron chi connectivity index (χ2n) is 3.01. The highest BCUT2D eigenvalue weighted by molar-refractivity contribution is 5.79. The SMILES string of the molecule is O=C(NC(F)(F)F)C1CCNCC1. The molecular formula is C7H11F3N2O. The van der Waals surface area contributed by atoms with Crippen molar-refractivity contribution >= 4 is 5.91 Å². The van der Waals surface area contributed by atoms with Crippen molar-refractivity contribution in [3.8, 4) is 0 Å². The molecule has 1 heterocycles. The summed E-state index contributed by atoms with van der Waals surface area (Å²) in [6.45, 7) is 1.21. The van der Waals surface area contributed by atoms with Gasteiger partial charge in [0.15, 0.2) is 0 Å². The van der Waals surface area contributed by atoms with E-state index in [2.05, 4.69) is 5.32 Å². The minimum absolute atomic E-state index is 0.474. The number of halogens is 3. The first kappa shape index (κ1) is 10.3. The minimum atomic E-state index is -4.60. The van der Waals surface area contributed by atoms with Gasteiger partial charge in [0.05, 0.1) is 0 Å². The molecule has 0 aromatic carbocycles. The largest absolute Gasteiger partial charge is 0.484 e. The zero-order valence-corrected chi connectivity index (χ0v) is 6.95. The number of amides is 1. The van der Waals surface area contributed by atoms with Gasteiger partial charge in [-0.15, -0.1) is 0 Å². The van der Waals surface area contributed by atoms with E-state index in [-0.39, 0.29) is 0 Å². The summed E-state index contributed by atoms with van der Waals surface area (Å²) < 4.78 is 35.1. The third-order valence-electron chi connectivity index (χ3n) is 1.97. The smallest absolute Gasteiger partial charge is 0.317 e. The van der Waals surface area contributed by atoms with Gasteiger partial charge in [0.2, 0.25) is 5.91 Å². The Morgan fingerprint density at radius 3 is 2.31 bits per heavy atom. The number of rotatable bonds is 1. The maximum absolute atomic E-state index is 11.7. The Kier molecular flexibility index (Phi) is 3.13. The number of hydrogen-bond donors (Lipinski definition) is 2. The van der Waals surface area contributed by atoms with Crippen LogP contribution in [0.15, 0.2) is 0 Å². The van der Waals surface area contributed by atoms with E-state index in [0.717, 1.165) is 5.32 Å². The maximum Gasteiger partial charge on any atom is 0.484 e. The fourth-order valence-corrected chi connectivity index (χ4v) is 1.33. The van der Waals surface area contributed by atoms with Crippen LogP contribution in [0, 0.1) is 5.92 Å². The molecule has 2 N–H and O–H groups in total. The van der Waals surface area contributed by atoms with Gasteiger partial charge in [0, 0.05) is 5.92 Å². The van der Waals surface area contributed by atoms with Crippen LogP contribution in [-0.2, 0) is 4.79 Å². The van der Waals surface area contributed by atoms with Crippen molar-refractivity contribution in [3.63, 3.8) is 0 Å². The van der Waals surface area contributed by atoms with Gasteiger partial charge < -0.3 is 5.32 Å². The molecule has 0 radical (unpaired) electrons. The van der Waals surface area contributed by atoms with Crippen molar-refractivity contribution in [2.24, 2.45) is 5.92 Å². The van der Waals surface area contributed by atoms with Crippen LogP contribution in [0.3, 0.4) is 0 Å². The van der Waals surface area contributed by atoms with Crippen molar-refractivity contribution < 1.29 is 18.0 Å². The first-order valence-corrected chi connectivity index (χ1v) is 4.08. The topological polar surface area (TPSA) is 41.1 Å². The van der Waals surface area contributed by atoms with E-state index in [1.807, 2.05) is 0 Å². The molecule has 0 spiro atoms. The normalized spacial score (nSPS) is 19.9. The van der Waals surface area contributed by atoms with E-state index in [4.69, 9.17) is 0 Å². The van der Waals surface area contributed by atoms with Gasteiger partial charge in [-0.3, -0.25) is 10.1 Å². The van der Waals surface area contributed by atoms with E-state index in [9.17, 15) is 18.0 Å². The Labute approximate surface area is 73.7 Å². The molecule has 0 aromatic rings. The van der Waals surface area contributed by atoms with Crippen LogP contribution in [0.4, 0.5) is 13.2 Å². The van der Waals surface area contributed by atoms with Gasteiger partial charge in [-0.1, -0.05) is 0 Å². The van der Waals surface area contributed by atoms with Gasteiger partial charge in [0.1, 0.15) is 0 Å². The predicted octanol–water partition coefficient (Wildman–Crippen LogP) is 0.622. The van der Waals surface area contributed by atoms with Crippen LogP contribution >= 0.6 is 0 Å². The summed E-state index contributed by atoms with van der Waals surface area (Å²) in [5.41, 5.74) is 0. The fraction of sp³-hybridized carbons (Fsp3) is 0.857. The molecule has 0 saturated carbocycles. The van der Waals surface area contributed by atoms with Crippen molar-refractivity contribution in [2.45, 2.75) is 19.1 Å². The molecule has 1 fully saturated rings. The van der Waals surface area contributed by atoms with Crippen LogP contribution in [0.2, 0.25) is 0 Å². The number of alkyl halides is 3. The number of carbonyl (C=O) groups is 1. The molecule has 0 atom stereocenters. The summed E-state index contributed by atoms with van der Waals surface area (Å²) in [5, 5.41) is 3.99. The highest BCUT2D eigenvalue weighted by Gasteiger charge is 2.33. The van der Waals surface area contributed by atoms with E-state index in [1.165, 1.54) is 0 Å². The Morgan fingerprint density at radius 1 is 1.31 bits per heavy atom. The maximum atomic E-state index is 11.7. The van der Waals surface area contributed by atoms with Crippen LogP contribution in [0.25, 0.3) is 0 Å². The Hall–Kier alpha value is -0.780. The summed E-state index contributed by atoms with van der Waals surface area (Å²) in [7, 11) is 0. The quantitative estimate of drug-likeness (QED) is 0.604. The van der Waals surface area contributed by atoms with Gasteiger partial charge in [-0.2, -0.15) is 13.2 Å². The Bertz CT molecular complexity index is 187. The molecule has 0 bridgehead atoms. The average molecular weight is 196 g/mol. The highest BCUT2D eigenvalue weighted by Crippen LogP contribution is 2.16. The number of carbonyl (C=O) groups excluding carboxylic acids is 1. The second kappa shape index (κ2) is 3.95. The fourth-order valence-electron chi connectivity index (χ4n) is 1.33. The Morgan fingerprint density at radius 2 is 1.85 bits per heavy atom. The Balaban J connectivity index is 2.38. The molecule has 1 aliphatic heterocycles. The lowest BCUT2D eigenvalue weighted by molar-refractivity contribution is -0.172. The number of hydrogen-bond acceptors (Lipinski definition) is 2. The summed E-state index contributed by atoms with van der Waals surface area (Å²) in [6.07, 6.45) is -3.65. The van der Waals surface area contributed by atoms with E-state index in [1.54, 1.807) is 0 Å². The van der Waals surface area contributed by atoms with Crippen molar-refractivity contribution in [2.75, 3.05) is 13.1 Å². The van der Waals surface area contributed by atoms with E-state index >= 15 is 0 Å². The van der Waals surface area contributed by atoms with Crippen LogP contribution in [0.1, 0.15) is 12.8 Å². The molecule has 6 heteroatoms. The molecule has 0 aromatic heterocycles. The lowest BCUT2D eigenvalue weighted by Gasteiger charge is -2.22. The van der Waals surface area contributed by atoms with Crippen LogP contribution in [-0.4, -0.2) is 25.3 Å². The second-order valence-corrected chi connectivity index (χ2v) is 3.01. The van der Waals surface area contributed by atoms with Gasteiger partial charge in [-0.25, -0.2) is 0 Å². The first-order valence-electron chi connectivity index (χ1n) is 4.08. The molecular weight excluding hydrogens is 185 g/mol. The van der Waals surface area contributed by atoms with Crippen LogP contribution in [0.5, 0.6) is 0 Å². The standard InChI is InChI=1S/C7H11F3N2O/c8-7(9,10)12-6(13)5-1-3-11-4-2-5/h5,11H,1-4H2,(H,12,13). The molecule has 1 aliphatic rings. The molecule has 1 rings (SSSR count). The molecule has 76 valence electrons. The molecule has 1 amide bonds. The minimum Gasteiger partial charge on any atom is -0.317 e. The number of piperidine rings is 1. The van der Waals surface area contributed by atoms with Gasteiger partial charge in [0.25, 0.3) is 0 Å². The predicted molar refractivity (Wildman–Crippen MR) is 39.8 cm³/mol. The molecule has 1 saturated heterocycles. The zero-order chi connectivity index (χ0) is 9.90. The van der Waals surface area contributed by atoms with E-state index < -0.39 is 18.1 Å². The van der Waals surface area contributed by atoms with Crippen molar-refractivity contribution in [1.82, 2.24) is 10.6 Å². The van der Waals surface area contributed by atoms with Crippen LogP contribution < -0.4 is 10.6 Å². The van der Waals surface area contributed by atoms with Crippen molar-refractivity contribution in [3.05, 3.63) is 0 Å². The lowest BCUT2D eigenvalue weighted by atomic mass is 9.97. The van der Waals surface area contributed by atoms with E-state index in [0.29, 0.717) is 25.9 Å². The molecule has 0 unspecified atom stereocenters. The summed E-state index contributed by atoms with van der Waals surface area (Å²) in [5.74, 6) is -1.41. The first-order chi connectivity index (χ1) is 5.99. The van der Waals surface area contributed by atoms with Crippen molar-refractivity contribution in [1.29, 1.82) is 0 Å². The van der Waals surface area contributed by atoms with Gasteiger partial charge >= 0.3 is 6.30 Å². The zero-order valence-electron chi connectivity index (χ0n) is 6.95. The third-order valence-corrected chi connectivity index (χ3v) is 1.97. The lowest BCUT2D eigenvalue weighted by Crippen LogP contribution is -2.44.